The van der Waals surface area contributed by atoms with Crippen LogP contribution in [0.1, 0.15) is 53.9 Å². The van der Waals surface area contributed by atoms with E-state index in [1.165, 1.54) is 12.8 Å². The first-order valence-electron chi connectivity index (χ1n) is 7.00. The van der Waals surface area contributed by atoms with Crippen LogP contribution < -0.4 is 11.1 Å². The molecule has 4 nitrogen and oxygen atoms in total. The minimum atomic E-state index is -0.631. The molecule has 1 amide bonds. The molecule has 0 rings (SSSR count). The Kier molecular flexibility index (Phi) is 7.48. The van der Waals surface area contributed by atoms with Crippen LogP contribution in [0.5, 0.6) is 0 Å². The molecule has 2 unspecified atom stereocenters. The Labute approximate surface area is 112 Å². The zero-order valence-electron chi connectivity index (χ0n) is 12.9. The third kappa shape index (κ3) is 5.83. The topological polar surface area (TPSA) is 58.4 Å². The number of carbonyl (C=O) groups excluding carboxylic acids is 1. The first-order valence-corrected chi connectivity index (χ1v) is 7.00. The molecule has 0 bridgehead atoms. The molecule has 0 saturated carbocycles. The third-order valence-electron chi connectivity index (χ3n) is 3.47. The van der Waals surface area contributed by atoms with Gasteiger partial charge in [0.1, 0.15) is 0 Å². The summed E-state index contributed by atoms with van der Waals surface area (Å²) in [5.74, 6) is -0.271. The fraction of sp³-hybridized carbons (Fsp3) is 0.929. The van der Waals surface area contributed by atoms with Gasteiger partial charge in [-0.3, -0.25) is 4.79 Å². The minimum absolute atomic E-state index is 0.246. The van der Waals surface area contributed by atoms with Crippen molar-refractivity contribution in [2.75, 3.05) is 13.6 Å². The van der Waals surface area contributed by atoms with Gasteiger partial charge in [-0.1, -0.05) is 13.3 Å². The maximum absolute atomic E-state index is 11.7. The number of rotatable bonds is 9. The second-order valence-electron chi connectivity index (χ2n) is 5.88. The van der Waals surface area contributed by atoms with E-state index in [-0.39, 0.29) is 11.9 Å². The minimum Gasteiger partial charge on any atom is -0.368 e. The van der Waals surface area contributed by atoms with Crippen molar-refractivity contribution in [3.05, 3.63) is 0 Å². The number of carbonyl (C=O) groups is 1. The molecule has 0 radical (unpaired) electrons. The molecule has 0 aliphatic rings. The molecule has 18 heavy (non-hydrogen) atoms. The number of nitrogens with zero attached hydrogens (tertiary/aromatic N) is 1. The van der Waals surface area contributed by atoms with Crippen LogP contribution in [0, 0.1) is 0 Å². The molecule has 108 valence electrons. The van der Waals surface area contributed by atoms with Crippen molar-refractivity contribution in [3.8, 4) is 0 Å². The van der Waals surface area contributed by atoms with Gasteiger partial charge < -0.3 is 16.0 Å². The lowest BCUT2D eigenvalue weighted by molar-refractivity contribution is -0.124. The molecule has 0 aromatic rings. The molecule has 2 atom stereocenters. The summed E-state index contributed by atoms with van der Waals surface area (Å²) in [5, 5.41) is 3.30. The van der Waals surface area contributed by atoms with Gasteiger partial charge in [-0.05, 0) is 54.1 Å². The number of nitrogens with two attached hydrogens (primary N) is 1. The lowest BCUT2D eigenvalue weighted by Gasteiger charge is -2.35. The normalized spacial score (nSPS) is 16.9. The molecule has 0 aliphatic carbocycles. The number of unbranched alkanes of at least 4 members (excludes halogenated alkanes) is 1. The van der Waals surface area contributed by atoms with Crippen LogP contribution in [0.3, 0.4) is 0 Å². The quantitative estimate of drug-likeness (QED) is 0.661. The fourth-order valence-corrected chi connectivity index (χ4v) is 2.24. The van der Waals surface area contributed by atoms with Gasteiger partial charge in [-0.2, -0.15) is 0 Å². The molecular formula is C14H31N3O. The SMILES string of the molecule is CCCCN(C)C(C)CC(C)(NC(C)C)C(N)=O. The van der Waals surface area contributed by atoms with Gasteiger partial charge in [0, 0.05) is 12.1 Å². The third-order valence-corrected chi connectivity index (χ3v) is 3.47. The molecule has 0 saturated heterocycles. The van der Waals surface area contributed by atoms with Gasteiger partial charge >= 0.3 is 0 Å². The molecule has 0 heterocycles. The van der Waals surface area contributed by atoms with Crippen molar-refractivity contribution in [1.82, 2.24) is 10.2 Å². The number of hydrogen-bond acceptors (Lipinski definition) is 3. The van der Waals surface area contributed by atoms with Crippen LogP contribution in [-0.4, -0.2) is 42.0 Å². The van der Waals surface area contributed by atoms with E-state index in [0.717, 1.165) is 13.0 Å². The Morgan fingerprint density at radius 3 is 2.33 bits per heavy atom. The Balaban J connectivity index is 4.53. The number of amides is 1. The van der Waals surface area contributed by atoms with Gasteiger partial charge in [0.2, 0.25) is 5.91 Å². The molecule has 0 aromatic heterocycles. The van der Waals surface area contributed by atoms with E-state index in [1.54, 1.807) is 0 Å². The number of nitrogens with one attached hydrogen (secondary N) is 1. The smallest absolute Gasteiger partial charge is 0.237 e. The zero-order valence-corrected chi connectivity index (χ0v) is 12.9. The summed E-state index contributed by atoms with van der Waals surface area (Å²) >= 11 is 0. The van der Waals surface area contributed by atoms with E-state index in [0.29, 0.717) is 6.04 Å². The van der Waals surface area contributed by atoms with Gasteiger partial charge in [0.05, 0.1) is 5.54 Å². The Morgan fingerprint density at radius 1 is 1.39 bits per heavy atom. The highest BCUT2D eigenvalue weighted by molar-refractivity contribution is 5.84. The maximum atomic E-state index is 11.7. The summed E-state index contributed by atoms with van der Waals surface area (Å²) in [5.41, 5.74) is 4.92. The highest BCUT2D eigenvalue weighted by Crippen LogP contribution is 2.16. The summed E-state index contributed by atoms with van der Waals surface area (Å²) in [6.45, 7) is 11.4. The number of hydrogen-bond donors (Lipinski definition) is 2. The number of primary amides is 1. The second-order valence-corrected chi connectivity index (χ2v) is 5.88. The zero-order chi connectivity index (χ0) is 14.3. The van der Waals surface area contributed by atoms with Crippen LogP contribution in [-0.2, 0) is 4.79 Å². The van der Waals surface area contributed by atoms with Crippen LogP contribution in [0.15, 0.2) is 0 Å². The lowest BCUT2D eigenvalue weighted by Crippen LogP contribution is -2.58. The molecular weight excluding hydrogens is 226 g/mol. The van der Waals surface area contributed by atoms with Crippen LogP contribution >= 0.6 is 0 Å². The Morgan fingerprint density at radius 2 is 1.94 bits per heavy atom. The standard InChI is InChI=1S/C14H31N3O/c1-7-8-9-17(6)12(4)10-14(5,13(15)18)16-11(2)3/h11-12,16H,7-10H2,1-6H3,(H2,15,18). The van der Waals surface area contributed by atoms with Gasteiger partial charge in [-0.15, -0.1) is 0 Å². The summed E-state index contributed by atoms with van der Waals surface area (Å²) in [4.78, 5) is 14.0. The van der Waals surface area contributed by atoms with Gasteiger partial charge in [-0.25, -0.2) is 0 Å². The first-order chi connectivity index (χ1) is 8.23. The molecule has 4 heteroatoms. The molecule has 0 spiro atoms. The van der Waals surface area contributed by atoms with Crippen molar-refractivity contribution in [2.24, 2.45) is 5.73 Å². The van der Waals surface area contributed by atoms with Crippen LogP contribution in [0.25, 0.3) is 0 Å². The fourth-order valence-electron chi connectivity index (χ4n) is 2.24. The van der Waals surface area contributed by atoms with Crippen molar-refractivity contribution in [2.45, 2.75) is 71.5 Å². The van der Waals surface area contributed by atoms with E-state index in [9.17, 15) is 4.79 Å². The Bertz CT molecular complexity index is 255. The van der Waals surface area contributed by atoms with Crippen molar-refractivity contribution >= 4 is 5.91 Å². The average Bonchev–Trinajstić information content (AvgIpc) is 2.24. The Hall–Kier alpha value is -0.610. The molecule has 0 aliphatic heterocycles. The van der Waals surface area contributed by atoms with Crippen molar-refractivity contribution in [3.63, 3.8) is 0 Å². The maximum Gasteiger partial charge on any atom is 0.237 e. The first kappa shape index (κ1) is 17.4. The van der Waals surface area contributed by atoms with E-state index >= 15 is 0 Å². The van der Waals surface area contributed by atoms with E-state index < -0.39 is 5.54 Å². The summed E-state index contributed by atoms with van der Waals surface area (Å²) in [6, 6.07) is 0.580. The molecule has 0 aromatic carbocycles. The largest absolute Gasteiger partial charge is 0.368 e. The molecule has 3 N–H and O–H groups in total. The molecule has 0 fully saturated rings. The lowest BCUT2D eigenvalue weighted by atomic mass is 9.91. The summed E-state index contributed by atoms with van der Waals surface area (Å²) in [7, 11) is 2.11. The van der Waals surface area contributed by atoms with Crippen molar-refractivity contribution < 1.29 is 4.79 Å². The highest BCUT2D eigenvalue weighted by atomic mass is 16.1. The van der Waals surface area contributed by atoms with Crippen molar-refractivity contribution in [1.29, 1.82) is 0 Å². The predicted molar refractivity (Wildman–Crippen MR) is 77.5 cm³/mol. The van der Waals surface area contributed by atoms with Crippen LogP contribution in [0.2, 0.25) is 0 Å². The van der Waals surface area contributed by atoms with Gasteiger partial charge in [0.25, 0.3) is 0 Å². The van der Waals surface area contributed by atoms with E-state index in [1.807, 2.05) is 20.8 Å². The summed E-state index contributed by atoms with van der Waals surface area (Å²) in [6.07, 6.45) is 3.11. The predicted octanol–water partition coefficient (Wildman–Crippen LogP) is 1.74. The second kappa shape index (κ2) is 7.74. The average molecular weight is 257 g/mol. The van der Waals surface area contributed by atoms with E-state index in [4.69, 9.17) is 5.73 Å². The monoisotopic (exact) mass is 257 g/mol. The highest BCUT2D eigenvalue weighted by Gasteiger charge is 2.33. The van der Waals surface area contributed by atoms with Crippen LogP contribution in [0.4, 0.5) is 0 Å². The van der Waals surface area contributed by atoms with E-state index in [2.05, 4.69) is 31.1 Å². The summed E-state index contributed by atoms with van der Waals surface area (Å²) < 4.78 is 0. The van der Waals surface area contributed by atoms with Gasteiger partial charge in [0.15, 0.2) is 0 Å².